The first-order valence-corrected chi connectivity index (χ1v) is 10.2. The van der Waals surface area contributed by atoms with E-state index in [1.54, 1.807) is 24.3 Å². The molecule has 0 aliphatic heterocycles. The van der Waals surface area contributed by atoms with Crippen molar-refractivity contribution < 1.29 is 49.1 Å². The van der Waals surface area contributed by atoms with Crippen LogP contribution in [0.2, 0.25) is 0 Å². The van der Waals surface area contributed by atoms with Crippen LogP contribution in [-0.2, 0) is 0 Å². The molecule has 3 rings (SSSR count). The van der Waals surface area contributed by atoms with E-state index in [1.165, 1.54) is 24.3 Å². The van der Waals surface area contributed by atoms with Crippen LogP contribution in [-0.4, -0.2) is 57.5 Å². The second-order valence-corrected chi connectivity index (χ2v) is 6.97. The first-order chi connectivity index (χ1) is 17.1. The zero-order valence-electron chi connectivity index (χ0n) is 18.8. The van der Waals surface area contributed by atoms with Crippen molar-refractivity contribution in [2.24, 2.45) is 0 Å². The van der Waals surface area contributed by atoms with E-state index in [2.05, 4.69) is 13.2 Å². The number of carbonyl (C=O) groups is 4. The molecule has 3 aromatic rings. The van der Waals surface area contributed by atoms with Crippen molar-refractivity contribution in [2.45, 2.75) is 0 Å². The van der Waals surface area contributed by atoms with E-state index in [1.807, 2.05) is 0 Å². The maximum absolute atomic E-state index is 11.2. The third-order valence-electron chi connectivity index (χ3n) is 4.64. The van der Waals surface area contributed by atoms with Gasteiger partial charge in [0.25, 0.3) is 0 Å². The molecule has 186 valence electrons. The molecule has 0 aromatic heterocycles. The minimum atomic E-state index is -1.25. The van der Waals surface area contributed by atoms with Gasteiger partial charge in [0.2, 0.25) is 0 Å². The van der Waals surface area contributed by atoms with Gasteiger partial charge >= 0.3 is 23.9 Å². The van der Waals surface area contributed by atoms with Gasteiger partial charge in [0.15, 0.2) is 0 Å². The molecule has 10 nitrogen and oxygen atoms in total. The van der Waals surface area contributed by atoms with Crippen molar-refractivity contribution in [1.29, 1.82) is 0 Å². The molecule has 0 atom stereocenters. The van der Waals surface area contributed by atoms with Crippen molar-refractivity contribution >= 4 is 34.6 Å². The summed E-state index contributed by atoms with van der Waals surface area (Å²) in [6.07, 6.45) is 2.85. The van der Waals surface area contributed by atoms with E-state index in [-0.39, 0.29) is 47.0 Å². The topological polar surface area (TPSA) is 168 Å². The van der Waals surface area contributed by atoms with E-state index in [0.29, 0.717) is 10.8 Å². The van der Waals surface area contributed by atoms with Crippen LogP contribution in [0.15, 0.2) is 73.8 Å². The molecule has 10 heteroatoms. The third-order valence-corrected chi connectivity index (χ3v) is 4.64. The van der Waals surface area contributed by atoms with Gasteiger partial charge in [-0.1, -0.05) is 49.6 Å². The lowest BCUT2D eigenvalue weighted by Crippen LogP contribution is -2.09. The second kappa shape index (κ2) is 12.4. The SMILES string of the molecule is C=CCOc1cc(C(=O)O)c(OCC=C)cc1C(=O)O.O=C(O)c1ccc(C(=O)O)c2ccccc12. The number of fused-ring (bicyclic) bond motifs is 1. The van der Waals surface area contributed by atoms with Gasteiger partial charge in [-0.2, -0.15) is 0 Å². The number of benzene rings is 3. The Hall–Kier alpha value is -5.12. The molecule has 0 bridgehead atoms. The van der Waals surface area contributed by atoms with Gasteiger partial charge in [-0.25, -0.2) is 19.2 Å². The summed E-state index contributed by atoms with van der Waals surface area (Å²) in [4.78, 5) is 44.2. The van der Waals surface area contributed by atoms with E-state index < -0.39 is 23.9 Å². The lowest BCUT2D eigenvalue weighted by atomic mass is 10.00. The van der Waals surface area contributed by atoms with Crippen LogP contribution >= 0.6 is 0 Å². The molecule has 0 saturated heterocycles. The molecular formula is C26H22O10. The predicted octanol–water partition coefficient (Wildman–Crippen LogP) is 4.45. The van der Waals surface area contributed by atoms with Crippen molar-refractivity contribution in [3.8, 4) is 11.5 Å². The molecule has 0 amide bonds. The summed E-state index contributed by atoms with van der Waals surface area (Å²) >= 11 is 0. The van der Waals surface area contributed by atoms with Gasteiger partial charge in [0, 0.05) is 0 Å². The average molecular weight is 494 g/mol. The molecule has 36 heavy (non-hydrogen) atoms. The van der Waals surface area contributed by atoms with Crippen molar-refractivity contribution in [3.63, 3.8) is 0 Å². The molecule has 0 aliphatic carbocycles. The molecule has 3 aromatic carbocycles. The maximum atomic E-state index is 11.2. The highest BCUT2D eigenvalue weighted by Crippen LogP contribution is 2.29. The molecule has 0 spiro atoms. The fourth-order valence-electron chi connectivity index (χ4n) is 3.10. The summed E-state index contributed by atoms with van der Waals surface area (Å²) in [5, 5.41) is 37.0. The first kappa shape index (κ1) is 27.1. The molecule has 0 unspecified atom stereocenters. The molecule has 0 heterocycles. The third kappa shape index (κ3) is 6.48. The zero-order valence-corrected chi connectivity index (χ0v) is 18.8. The number of carboxylic acids is 4. The Kier molecular flexibility index (Phi) is 9.32. The van der Waals surface area contributed by atoms with Crippen LogP contribution in [0.5, 0.6) is 11.5 Å². The fraction of sp³-hybridized carbons (Fsp3) is 0.0769. The normalized spacial score (nSPS) is 9.89. The monoisotopic (exact) mass is 494 g/mol. The van der Waals surface area contributed by atoms with Gasteiger partial charge in [0.05, 0.1) is 11.1 Å². The van der Waals surface area contributed by atoms with Gasteiger partial charge < -0.3 is 29.9 Å². The molecule has 0 saturated carbocycles. The summed E-state index contributed by atoms with van der Waals surface area (Å²) in [6, 6.07) is 11.4. The van der Waals surface area contributed by atoms with Crippen molar-refractivity contribution in [3.05, 3.63) is 96.1 Å². The van der Waals surface area contributed by atoms with Crippen molar-refractivity contribution in [2.75, 3.05) is 13.2 Å². The zero-order chi connectivity index (χ0) is 26.8. The maximum Gasteiger partial charge on any atom is 0.339 e. The summed E-state index contributed by atoms with van der Waals surface area (Å²) < 4.78 is 10.3. The van der Waals surface area contributed by atoms with Crippen LogP contribution in [0.25, 0.3) is 10.8 Å². The minimum absolute atomic E-state index is 0.0549. The minimum Gasteiger partial charge on any atom is -0.489 e. The van der Waals surface area contributed by atoms with Gasteiger partial charge in [-0.3, -0.25) is 0 Å². The van der Waals surface area contributed by atoms with Crippen LogP contribution in [0, 0.1) is 0 Å². The van der Waals surface area contributed by atoms with Crippen LogP contribution < -0.4 is 9.47 Å². The summed E-state index contributed by atoms with van der Waals surface area (Å²) in [5.74, 6) is -4.73. The van der Waals surface area contributed by atoms with Crippen LogP contribution in [0.3, 0.4) is 0 Å². The van der Waals surface area contributed by atoms with Gasteiger partial charge in [-0.15, -0.1) is 0 Å². The van der Waals surface area contributed by atoms with Crippen LogP contribution in [0.1, 0.15) is 41.4 Å². The molecule has 0 radical (unpaired) electrons. The average Bonchev–Trinajstić information content (AvgIpc) is 2.85. The molecule has 0 fully saturated rings. The Morgan fingerprint density at radius 3 is 1.22 bits per heavy atom. The number of carboxylic acid groups (broad SMARTS) is 4. The highest BCUT2D eigenvalue weighted by Gasteiger charge is 2.20. The summed E-state index contributed by atoms with van der Waals surface area (Å²) in [6.45, 7) is 7.01. The van der Waals surface area contributed by atoms with E-state index in [9.17, 15) is 19.2 Å². The largest absolute Gasteiger partial charge is 0.489 e. The summed E-state index contributed by atoms with van der Waals surface area (Å²) in [5.41, 5.74) is -0.145. The Morgan fingerprint density at radius 1 is 0.611 bits per heavy atom. The molecule has 4 N–H and O–H groups in total. The predicted molar refractivity (Wildman–Crippen MR) is 130 cm³/mol. The smallest absolute Gasteiger partial charge is 0.339 e. The van der Waals surface area contributed by atoms with E-state index >= 15 is 0 Å². The Bertz CT molecular complexity index is 1240. The second-order valence-electron chi connectivity index (χ2n) is 6.97. The lowest BCUT2D eigenvalue weighted by Gasteiger charge is -2.13. The Labute approximate surface area is 204 Å². The number of rotatable bonds is 10. The molecular weight excluding hydrogens is 472 g/mol. The van der Waals surface area contributed by atoms with Crippen LogP contribution in [0.4, 0.5) is 0 Å². The first-order valence-electron chi connectivity index (χ1n) is 10.2. The number of ether oxygens (including phenoxy) is 2. The highest BCUT2D eigenvalue weighted by atomic mass is 16.5. The Balaban J connectivity index is 0.000000259. The number of hydrogen-bond donors (Lipinski definition) is 4. The lowest BCUT2D eigenvalue weighted by molar-refractivity contribution is 0.0673. The number of hydrogen-bond acceptors (Lipinski definition) is 6. The summed E-state index contributed by atoms with van der Waals surface area (Å²) in [7, 11) is 0. The van der Waals surface area contributed by atoms with Gasteiger partial charge in [0.1, 0.15) is 35.8 Å². The Morgan fingerprint density at radius 2 is 0.944 bits per heavy atom. The quantitative estimate of drug-likeness (QED) is 0.296. The fourth-order valence-corrected chi connectivity index (χ4v) is 3.10. The highest BCUT2D eigenvalue weighted by molar-refractivity contribution is 6.10. The van der Waals surface area contributed by atoms with E-state index in [0.717, 1.165) is 12.1 Å². The van der Waals surface area contributed by atoms with Gasteiger partial charge in [-0.05, 0) is 35.0 Å². The molecule has 0 aliphatic rings. The number of aromatic carboxylic acids is 4. The van der Waals surface area contributed by atoms with Crippen molar-refractivity contribution in [1.82, 2.24) is 0 Å². The standard InChI is InChI=1S/C14H14O6.C12H8O4/c1-3-5-19-11-7-10(14(17)18)12(20-6-4-2)8-9(11)13(15)16;13-11(14)9-5-6-10(12(15)16)8-4-2-1-3-7(8)9/h3-4,7-8H,1-2,5-6H2,(H,15,16)(H,17,18);1-6H,(H,13,14)(H,15,16). The van der Waals surface area contributed by atoms with E-state index in [4.69, 9.17) is 29.9 Å².